The Morgan fingerprint density at radius 3 is 2.28 bits per heavy atom. The predicted octanol–water partition coefficient (Wildman–Crippen LogP) is 6.36. The van der Waals surface area contributed by atoms with Crippen LogP contribution in [0, 0.1) is 0 Å². The van der Waals surface area contributed by atoms with Crippen LogP contribution in [0.1, 0.15) is 45.4 Å². The molecule has 2 aromatic carbocycles. The number of hydrogen-bond donors (Lipinski definition) is 0. The van der Waals surface area contributed by atoms with Gasteiger partial charge in [0.1, 0.15) is 5.75 Å². The lowest BCUT2D eigenvalue weighted by molar-refractivity contribution is 0.284. The van der Waals surface area contributed by atoms with Crippen LogP contribution in [0.25, 0.3) is 10.8 Å². The maximum absolute atomic E-state index is 6.07. The Balaban J connectivity index is 2.19. The van der Waals surface area contributed by atoms with Crippen molar-refractivity contribution in [3.63, 3.8) is 0 Å². The van der Waals surface area contributed by atoms with Gasteiger partial charge in [0.25, 0.3) is 0 Å². The van der Waals surface area contributed by atoms with Crippen molar-refractivity contribution in [2.75, 3.05) is 25.7 Å². The number of methoxy groups -OCH3 is 1. The Morgan fingerprint density at radius 1 is 0.840 bits per heavy atom. The molecule has 0 atom stereocenters. The standard InChI is InChI=1S/C21H29BrO3/c1-3-4-9-15-25-21-18-12-7-6-11-17(18)19(16-20(21)23-2)24-14-10-5-8-13-22/h6-7,11-12,16H,3-5,8-10,13-15H2,1-2H3. The van der Waals surface area contributed by atoms with Crippen molar-refractivity contribution < 1.29 is 14.2 Å². The monoisotopic (exact) mass is 408 g/mol. The second-order valence-corrected chi connectivity index (χ2v) is 6.90. The molecule has 0 aromatic heterocycles. The average molecular weight is 409 g/mol. The molecule has 2 aromatic rings. The quantitative estimate of drug-likeness (QED) is 0.302. The predicted molar refractivity (Wildman–Crippen MR) is 109 cm³/mol. The summed E-state index contributed by atoms with van der Waals surface area (Å²) in [6, 6.07) is 10.2. The smallest absolute Gasteiger partial charge is 0.169 e. The number of benzene rings is 2. The first-order valence-corrected chi connectivity index (χ1v) is 10.3. The molecule has 0 spiro atoms. The number of hydrogen-bond acceptors (Lipinski definition) is 3. The molecule has 0 N–H and O–H groups in total. The van der Waals surface area contributed by atoms with Crippen LogP contribution in [0.5, 0.6) is 17.2 Å². The van der Waals surface area contributed by atoms with Gasteiger partial charge in [-0.2, -0.15) is 0 Å². The van der Waals surface area contributed by atoms with Gasteiger partial charge < -0.3 is 14.2 Å². The van der Waals surface area contributed by atoms with Crippen LogP contribution in [0.4, 0.5) is 0 Å². The van der Waals surface area contributed by atoms with E-state index in [1.165, 1.54) is 25.7 Å². The highest BCUT2D eigenvalue weighted by Crippen LogP contribution is 2.41. The summed E-state index contributed by atoms with van der Waals surface area (Å²) < 4.78 is 17.7. The Bertz CT molecular complexity index is 642. The van der Waals surface area contributed by atoms with Crippen molar-refractivity contribution in [2.45, 2.75) is 45.4 Å². The van der Waals surface area contributed by atoms with Crippen LogP contribution >= 0.6 is 15.9 Å². The SMILES string of the molecule is CCCCCOc1c(OC)cc(OCCCCCBr)c2ccccc12. The third-order valence-corrected chi connectivity index (χ3v) is 4.73. The zero-order valence-electron chi connectivity index (χ0n) is 15.4. The molecule has 0 unspecified atom stereocenters. The van der Waals surface area contributed by atoms with Crippen LogP contribution in [0.15, 0.2) is 30.3 Å². The van der Waals surface area contributed by atoms with Crippen molar-refractivity contribution in [2.24, 2.45) is 0 Å². The largest absolute Gasteiger partial charge is 0.493 e. The molecule has 0 aliphatic rings. The molecule has 4 heteroatoms. The second-order valence-electron chi connectivity index (χ2n) is 6.11. The summed E-state index contributed by atoms with van der Waals surface area (Å²) in [5, 5.41) is 3.18. The summed E-state index contributed by atoms with van der Waals surface area (Å²) in [6.45, 7) is 3.62. The van der Waals surface area contributed by atoms with Crippen LogP contribution in [-0.4, -0.2) is 25.7 Å². The number of unbranched alkanes of at least 4 members (excludes halogenated alkanes) is 4. The number of halogens is 1. The van der Waals surface area contributed by atoms with Crippen LogP contribution < -0.4 is 14.2 Å². The van der Waals surface area contributed by atoms with Gasteiger partial charge in [0.2, 0.25) is 0 Å². The van der Waals surface area contributed by atoms with Crippen molar-refractivity contribution in [1.29, 1.82) is 0 Å². The van der Waals surface area contributed by atoms with Crippen LogP contribution in [0.2, 0.25) is 0 Å². The molecule has 0 radical (unpaired) electrons. The normalized spacial score (nSPS) is 10.8. The zero-order valence-corrected chi connectivity index (χ0v) is 16.9. The second kappa shape index (κ2) is 11.2. The van der Waals surface area contributed by atoms with E-state index in [0.29, 0.717) is 6.61 Å². The molecule has 0 saturated carbocycles. The third kappa shape index (κ3) is 5.81. The molecule has 0 aliphatic carbocycles. The topological polar surface area (TPSA) is 27.7 Å². The molecular formula is C21H29BrO3. The van der Waals surface area contributed by atoms with E-state index in [4.69, 9.17) is 14.2 Å². The Hall–Kier alpha value is -1.42. The first kappa shape index (κ1) is 19.9. The molecule has 138 valence electrons. The molecule has 3 nitrogen and oxygen atoms in total. The van der Waals surface area contributed by atoms with Gasteiger partial charge in [-0.1, -0.05) is 60.0 Å². The van der Waals surface area contributed by atoms with Gasteiger partial charge in [0.15, 0.2) is 11.5 Å². The van der Waals surface area contributed by atoms with Crippen molar-refractivity contribution >= 4 is 26.7 Å². The molecule has 2 rings (SSSR count). The summed E-state index contributed by atoms with van der Waals surface area (Å²) >= 11 is 3.46. The maximum Gasteiger partial charge on any atom is 0.169 e. The van der Waals surface area contributed by atoms with E-state index in [1.807, 2.05) is 18.2 Å². The van der Waals surface area contributed by atoms with Crippen molar-refractivity contribution in [1.82, 2.24) is 0 Å². The minimum Gasteiger partial charge on any atom is -0.493 e. The zero-order chi connectivity index (χ0) is 17.9. The molecule has 0 amide bonds. The molecule has 25 heavy (non-hydrogen) atoms. The Labute approximate surface area is 159 Å². The fourth-order valence-electron chi connectivity index (χ4n) is 2.79. The first-order valence-electron chi connectivity index (χ1n) is 9.23. The van der Waals surface area contributed by atoms with E-state index in [0.717, 1.165) is 52.8 Å². The van der Waals surface area contributed by atoms with Gasteiger partial charge in [-0.25, -0.2) is 0 Å². The molecule has 0 bridgehead atoms. The van der Waals surface area contributed by atoms with Gasteiger partial charge >= 0.3 is 0 Å². The van der Waals surface area contributed by atoms with E-state index in [-0.39, 0.29) is 0 Å². The molecule has 0 fully saturated rings. The maximum atomic E-state index is 6.07. The van der Waals surface area contributed by atoms with E-state index in [9.17, 15) is 0 Å². The summed E-state index contributed by atoms with van der Waals surface area (Å²) in [5.74, 6) is 2.43. The minimum absolute atomic E-state index is 0.709. The molecule has 0 saturated heterocycles. The van der Waals surface area contributed by atoms with Gasteiger partial charge in [-0.15, -0.1) is 0 Å². The Kier molecular flexibility index (Phi) is 8.95. The van der Waals surface area contributed by atoms with Crippen LogP contribution in [-0.2, 0) is 0 Å². The minimum atomic E-state index is 0.709. The van der Waals surface area contributed by atoms with Gasteiger partial charge in [-0.05, 0) is 25.7 Å². The number of ether oxygens (including phenoxy) is 3. The third-order valence-electron chi connectivity index (χ3n) is 4.17. The fourth-order valence-corrected chi connectivity index (χ4v) is 3.19. The van der Waals surface area contributed by atoms with Crippen molar-refractivity contribution in [3.8, 4) is 17.2 Å². The van der Waals surface area contributed by atoms with Crippen molar-refractivity contribution in [3.05, 3.63) is 30.3 Å². The first-order chi connectivity index (χ1) is 12.3. The lowest BCUT2D eigenvalue weighted by Crippen LogP contribution is -2.02. The number of alkyl halides is 1. The molecule has 0 aliphatic heterocycles. The fraction of sp³-hybridized carbons (Fsp3) is 0.524. The lowest BCUT2D eigenvalue weighted by Gasteiger charge is -2.17. The highest BCUT2D eigenvalue weighted by atomic mass is 79.9. The number of fused-ring (bicyclic) bond motifs is 1. The van der Waals surface area contributed by atoms with Gasteiger partial charge in [-0.3, -0.25) is 0 Å². The van der Waals surface area contributed by atoms with E-state index >= 15 is 0 Å². The molecular weight excluding hydrogens is 380 g/mol. The summed E-state index contributed by atoms with van der Waals surface area (Å²) in [5.41, 5.74) is 0. The highest BCUT2D eigenvalue weighted by molar-refractivity contribution is 9.09. The lowest BCUT2D eigenvalue weighted by atomic mass is 10.1. The van der Waals surface area contributed by atoms with E-state index in [2.05, 4.69) is 35.0 Å². The summed E-state index contributed by atoms with van der Waals surface area (Å²) in [6.07, 6.45) is 6.81. The summed E-state index contributed by atoms with van der Waals surface area (Å²) in [7, 11) is 1.68. The van der Waals surface area contributed by atoms with Gasteiger partial charge in [0, 0.05) is 22.2 Å². The van der Waals surface area contributed by atoms with Crippen LogP contribution in [0.3, 0.4) is 0 Å². The Morgan fingerprint density at radius 2 is 1.56 bits per heavy atom. The molecule has 0 heterocycles. The van der Waals surface area contributed by atoms with Gasteiger partial charge in [0.05, 0.1) is 20.3 Å². The average Bonchev–Trinajstić information content (AvgIpc) is 2.65. The van der Waals surface area contributed by atoms with E-state index in [1.54, 1.807) is 7.11 Å². The summed E-state index contributed by atoms with van der Waals surface area (Å²) in [4.78, 5) is 0. The number of rotatable bonds is 12. The van der Waals surface area contributed by atoms with E-state index < -0.39 is 0 Å². The highest BCUT2D eigenvalue weighted by Gasteiger charge is 2.15.